The molecule has 0 N–H and O–H groups in total. The summed E-state index contributed by atoms with van der Waals surface area (Å²) >= 11 is 12.1. The molecule has 5 aromatic rings. The number of benzene rings is 5. The molecule has 5 nitrogen and oxygen atoms in total. The molecule has 0 saturated carbocycles. The highest BCUT2D eigenvalue weighted by Gasteiger charge is 2.39. The normalized spacial score (nSPS) is 21.7. The van der Waals surface area contributed by atoms with Gasteiger partial charge in [0.2, 0.25) is 0 Å². The van der Waals surface area contributed by atoms with E-state index in [-0.39, 0.29) is 58.8 Å². The van der Waals surface area contributed by atoms with Gasteiger partial charge in [-0.25, -0.2) is 30.7 Å². The van der Waals surface area contributed by atoms with Crippen LogP contribution in [0.25, 0.3) is 0 Å². The lowest BCUT2D eigenvalue weighted by Gasteiger charge is -2.30. The van der Waals surface area contributed by atoms with Gasteiger partial charge in [-0.2, -0.15) is 13.2 Å². The van der Waals surface area contributed by atoms with Crippen molar-refractivity contribution < 1.29 is 43.9 Å². The number of alkyl halides is 5. The lowest BCUT2D eigenvalue weighted by molar-refractivity contribution is -0.138. The predicted octanol–water partition coefficient (Wildman–Crippen LogP) is 20.1. The maximum absolute atomic E-state index is 13.3. The highest BCUT2D eigenvalue weighted by atomic mass is 35.5. The van der Waals surface area contributed by atoms with Crippen LogP contribution in [0.3, 0.4) is 0 Å². The van der Waals surface area contributed by atoms with Crippen molar-refractivity contribution in [1.29, 1.82) is 0 Å². The first-order chi connectivity index (χ1) is 39.7. The van der Waals surface area contributed by atoms with E-state index < -0.39 is 29.8 Å². The van der Waals surface area contributed by atoms with Crippen LogP contribution >= 0.6 is 23.2 Å². The van der Waals surface area contributed by atoms with Gasteiger partial charge >= 0.3 is 6.18 Å². The van der Waals surface area contributed by atoms with Crippen LogP contribution in [0.4, 0.5) is 43.9 Å². The summed E-state index contributed by atoms with van der Waals surface area (Å²) in [4.78, 5) is 11.4. The van der Waals surface area contributed by atoms with Crippen LogP contribution < -0.4 is 0 Å². The highest BCUT2D eigenvalue weighted by molar-refractivity contribution is 6.31. The molecule has 10 rings (SSSR count). The summed E-state index contributed by atoms with van der Waals surface area (Å²) < 4.78 is 131. The van der Waals surface area contributed by atoms with Crippen LogP contribution in [-0.2, 0) is 6.18 Å². The smallest absolute Gasteiger partial charge is 0.294 e. The van der Waals surface area contributed by atoms with Crippen molar-refractivity contribution in [3.8, 4) is 0 Å². The van der Waals surface area contributed by atoms with E-state index in [1.165, 1.54) is 43.2 Å². The van der Waals surface area contributed by atoms with Crippen molar-refractivity contribution in [3.05, 3.63) is 175 Å². The lowest BCUT2D eigenvalue weighted by Crippen LogP contribution is -2.31. The van der Waals surface area contributed by atoms with E-state index in [0.29, 0.717) is 52.2 Å². The number of likely N-dealkylation sites (tertiary alicyclic amines) is 5. The second-order valence-corrected chi connectivity index (χ2v) is 25.0. The van der Waals surface area contributed by atoms with Crippen LogP contribution in [0.1, 0.15) is 209 Å². The third-order valence-corrected chi connectivity index (χ3v) is 17.5. The van der Waals surface area contributed by atoms with Crippen LogP contribution in [0, 0.1) is 29.1 Å². The van der Waals surface area contributed by atoms with Gasteiger partial charge in [-0.3, -0.25) is 24.5 Å². The maximum Gasteiger partial charge on any atom is 0.416 e. The van der Waals surface area contributed by atoms with Crippen LogP contribution in [0.15, 0.2) is 97.1 Å². The van der Waals surface area contributed by atoms with Crippen LogP contribution in [0.2, 0.25) is 10.0 Å². The third-order valence-electron chi connectivity index (χ3n) is 16.9. The molecule has 5 aromatic carbocycles. The van der Waals surface area contributed by atoms with E-state index in [4.69, 9.17) is 23.2 Å². The van der Waals surface area contributed by atoms with Crippen molar-refractivity contribution >= 4 is 23.2 Å². The Bertz CT molecular complexity index is 2830. The summed E-state index contributed by atoms with van der Waals surface area (Å²) in [6.07, 6.45) is 3.18. The summed E-state index contributed by atoms with van der Waals surface area (Å²) in [7, 11) is 0. The topological polar surface area (TPSA) is 16.2 Å². The fraction of sp³-hybridized carbons (Fsp3) is 0.552. The molecule has 5 heterocycles. The van der Waals surface area contributed by atoms with Gasteiger partial charge in [-0.15, -0.1) is 0 Å². The van der Waals surface area contributed by atoms with Crippen molar-refractivity contribution in [2.24, 2.45) is 0 Å². The number of hydrogen-bond donors (Lipinski definition) is 0. The van der Waals surface area contributed by atoms with Crippen molar-refractivity contribution in [2.45, 2.75) is 206 Å². The van der Waals surface area contributed by atoms with Crippen molar-refractivity contribution in [2.75, 3.05) is 32.7 Å². The Morgan fingerprint density at radius 1 is 0.393 bits per heavy atom. The maximum atomic E-state index is 13.3. The minimum absolute atomic E-state index is 0.0334. The van der Waals surface area contributed by atoms with Crippen LogP contribution in [-0.4, -0.2) is 87.4 Å². The highest BCUT2D eigenvalue weighted by Crippen LogP contribution is 2.43. The minimum atomic E-state index is -4.44. The van der Waals surface area contributed by atoms with Gasteiger partial charge in [0.1, 0.15) is 29.1 Å². The average Bonchev–Trinajstić information content (AvgIpc) is 3.34. The molecule has 0 aromatic heterocycles. The molecular weight excluding hydrogens is 1140 g/mol. The van der Waals surface area contributed by atoms with E-state index in [2.05, 4.69) is 61.1 Å². The zero-order valence-electron chi connectivity index (χ0n) is 50.5. The molecule has 84 heavy (non-hydrogen) atoms. The zero-order valence-corrected chi connectivity index (χ0v) is 52.0. The SMILES string of the molecule is CC(C)N1CCCC1c1cc(F)cc(Cl)c1.CC(C)N1CCCC1c1cc(F)ccc1C(F)(F)F.CC(C)N1CCCC1c1cc(F)ccc1C(F)F.CC(C)N1CCCC1c1cc(F)ccc1Cl.CC(C)N1CCCC1c1cccc(F)c1. The molecule has 5 aliphatic rings. The van der Waals surface area contributed by atoms with E-state index in [1.54, 1.807) is 24.3 Å². The number of hydrogen-bond acceptors (Lipinski definition) is 5. The number of halogens is 12. The Morgan fingerprint density at radius 3 is 1.20 bits per heavy atom. The second kappa shape index (κ2) is 31.6. The monoisotopic (exact) mass is 1220 g/mol. The molecular formula is C67H87Cl2F10N5. The molecule has 17 heteroatoms. The van der Waals surface area contributed by atoms with Gasteiger partial charge in [0.05, 0.1) is 5.56 Å². The zero-order chi connectivity index (χ0) is 61.7. The Hall–Kier alpha value is -4.22. The summed E-state index contributed by atoms with van der Waals surface area (Å²) in [5, 5.41) is 1.17. The van der Waals surface area contributed by atoms with E-state index in [0.717, 1.165) is 119 Å². The summed E-state index contributed by atoms with van der Waals surface area (Å²) in [6.45, 7) is 26.1. The van der Waals surface area contributed by atoms with Crippen LogP contribution in [0.5, 0.6) is 0 Å². The molecule has 5 saturated heterocycles. The fourth-order valence-corrected chi connectivity index (χ4v) is 13.6. The average molecular weight is 1220 g/mol. The third kappa shape index (κ3) is 18.7. The molecule has 5 unspecified atom stereocenters. The van der Waals surface area contributed by atoms with E-state index >= 15 is 0 Å². The summed E-state index contributed by atoms with van der Waals surface area (Å²) in [6, 6.07) is 25.4. The Kier molecular flexibility index (Phi) is 25.9. The van der Waals surface area contributed by atoms with E-state index in [1.807, 2.05) is 50.8 Å². The molecule has 5 atom stereocenters. The molecule has 0 bridgehead atoms. The van der Waals surface area contributed by atoms with Crippen molar-refractivity contribution in [1.82, 2.24) is 24.5 Å². The van der Waals surface area contributed by atoms with E-state index in [9.17, 15) is 43.9 Å². The molecule has 0 aliphatic carbocycles. The first kappa shape index (κ1) is 68.9. The Morgan fingerprint density at radius 2 is 0.762 bits per heavy atom. The quantitative estimate of drug-likeness (QED) is 0.122. The van der Waals surface area contributed by atoms with Gasteiger partial charge in [0, 0.05) is 76.0 Å². The Labute approximate surface area is 503 Å². The standard InChI is InChI=1S/C14H17F4N.C14H18F3N.2C13H17ClFN.C13H18FN/c1-9(2)19-7-3-4-13(19)11-8-10(15)5-6-12(11)14(16,17)18;1-9(2)18-7-3-4-13(18)12-8-10(15)5-6-11(12)14(16)17;1-9(2)16-7-3-4-13(16)11-8-10(15)5-6-12(11)14;1-9(2)16-5-3-4-13(16)10-6-11(14)8-12(15)7-10;1-10(2)15-8-4-7-13(15)11-5-3-6-12(14)9-11/h5-6,8-9,13H,3-4,7H2,1-2H3;5-6,8-9,13-14H,3-4,7H2,1-2H3;5-6,8-9,13H,3-4,7H2,1-2H3;6-9,13H,3-5H2,1-2H3;3,5-6,9-10,13H,4,7-8H2,1-2H3. The van der Waals surface area contributed by atoms with Gasteiger partial charge in [0.15, 0.2) is 0 Å². The lowest BCUT2D eigenvalue weighted by atomic mass is 9.97. The van der Waals surface area contributed by atoms with Crippen molar-refractivity contribution in [3.63, 3.8) is 0 Å². The Balaban J connectivity index is 0.000000169. The van der Waals surface area contributed by atoms with Gasteiger partial charge in [-0.1, -0.05) is 41.4 Å². The minimum Gasteiger partial charge on any atom is -0.294 e. The van der Waals surface area contributed by atoms with Gasteiger partial charge in [0.25, 0.3) is 6.43 Å². The molecule has 5 aliphatic heterocycles. The largest absolute Gasteiger partial charge is 0.416 e. The van der Waals surface area contributed by atoms with Gasteiger partial charge < -0.3 is 0 Å². The fourth-order valence-electron chi connectivity index (χ4n) is 13.1. The molecule has 0 spiro atoms. The molecule has 5 fully saturated rings. The second-order valence-electron chi connectivity index (χ2n) is 24.2. The first-order valence-corrected chi connectivity index (χ1v) is 30.8. The molecule has 0 amide bonds. The molecule has 0 radical (unpaired) electrons. The molecule has 464 valence electrons. The summed E-state index contributed by atoms with van der Waals surface area (Å²) in [5.74, 6) is -1.61. The summed E-state index contributed by atoms with van der Waals surface area (Å²) in [5.41, 5.74) is 2.85. The predicted molar refractivity (Wildman–Crippen MR) is 321 cm³/mol. The van der Waals surface area contributed by atoms with Gasteiger partial charge in [-0.05, 0) is 273 Å². The number of nitrogens with zero attached hydrogens (tertiary/aromatic N) is 5. The number of rotatable bonds is 11. The first-order valence-electron chi connectivity index (χ1n) is 30.1.